The maximum Gasteiger partial charge on any atom is 0.507 e. The molecule has 4 nitrogen and oxygen atoms in total. The van der Waals surface area contributed by atoms with E-state index in [1.807, 2.05) is 3.32 Å². The van der Waals surface area contributed by atoms with Crippen molar-refractivity contribution in [1.29, 1.82) is 5.26 Å². The van der Waals surface area contributed by atoms with Gasteiger partial charge in [0, 0.05) is 0 Å². The van der Waals surface area contributed by atoms with E-state index < -0.39 is 7.91 Å². The molecule has 0 aliphatic carbocycles. The van der Waals surface area contributed by atoms with E-state index in [0.29, 0.717) is 27.9 Å². The minimum absolute atomic E-state index is 0.674. The van der Waals surface area contributed by atoms with Crippen LogP contribution in [0.4, 0.5) is 4.20 Å². The van der Waals surface area contributed by atoms with E-state index in [1.165, 1.54) is 0 Å². The van der Waals surface area contributed by atoms with Gasteiger partial charge in [-0.25, -0.2) is 4.57 Å². The molecule has 0 bridgehead atoms. The number of halogens is 1. The summed E-state index contributed by atoms with van der Waals surface area (Å²) in [6.45, 7) is 0. The van der Waals surface area contributed by atoms with Crippen LogP contribution in [0.2, 0.25) is 0 Å². The van der Waals surface area contributed by atoms with E-state index in [4.69, 9.17) is 19.6 Å². The van der Waals surface area contributed by atoms with E-state index in [9.17, 15) is 4.20 Å². The molecule has 0 atom stereocenters. The Morgan fingerprint density at radius 3 is 1.75 bits per heavy atom. The molecule has 0 amide bonds. The monoisotopic (exact) mass is 149 g/mol. The summed E-state index contributed by atoms with van der Waals surface area (Å²) in [5, 5.41) is 7.38. The molecule has 0 saturated carbocycles. The topological polar surface area (TPSA) is 81.3 Å². The van der Waals surface area contributed by atoms with Gasteiger partial charge in [-0.3, -0.25) is 9.79 Å². The molecule has 0 rings (SSSR count). The van der Waals surface area contributed by atoms with E-state index in [1.54, 1.807) is 0 Å². The van der Waals surface area contributed by atoms with Crippen LogP contribution in [-0.4, -0.2) is 37.7 Å². The molecule has 0 saturated heterocycles. The number of hydrogen-bond donors (Lipinski definition) is 2. The molecule has 0 aliphatic heterocycles. The standard InChI is InChI=1S/CN.FH2O3P.Na/c1-2;1-5(2,3)4;/h;(H2,2,3,4);. The van der Waals surface area contributed by atoms with E-state index in [2.05, 4.69) is 0 Å². The van der Waals surface area contributed by atoms with Crippen LogP contribution in [0.25, 0.3) is 0 Å². The molecule has 0 fully saturated rings. The molecule has 0 aromatic rings. The Hall–Kier alpha value is 0.570. The predicted molar refractivity (Wildman–Crippen MR) is 24.5 cm³/mol. The molecule has 8 heavy (non-hydrogen) atoms. The first-order valence-corrected chi connectivity index (χ1v) is 3.98. The maximum atomic E-state index is 10.4. The van der Waals surface area contributed by atoms with Crippen LogP contribution in [0.15, 0.2) is 0 Å². The van der Waals surface area contributed by atoms with Gasteiger partial charge in [-0.1, -0.05) is 0 Å². The zero-order valence-electron chi connectivity index (χ0n) is 4.08. The van der Waals surface area contributed by atoms with Crippen LogP contribution < -0.4 is 0 Å². The summed E-state index contributed by atoms with van der Waals surface area (Å²) >= 11 is 0.674. The van der Waals surface area contributed by atoms with Crippen LogP contribution >= 0.6 is 7.91 Å². The number of rotatable bonds is 0. The normalized spacial score (nSPS) is 8.50. The Kier molecular flexibility index (Phi) is 8.11. The van der Waals surface area contributed by atoms with Crippen molar-refractivity contribution in [3.63, 3.8) is 0 Å². The zero-order valence-corrected chi connectivity index (χ0v) is 6.97. The Labute approximate surface area is 63.0 Å². The van der Waals surface area contributed by atoms with Gasteiger partial charge >= 0.3 is 44.4 Å². The molecule has 42 valence electrons. The average molecular weight is 149 g/mol. The molecule has 0 aromatic heterocycles. The summed E-state index contributed by atoms with van der Waals surface area (Å²) in [5.41, 5.74) is 0. The van der Waals surface area contributed by atoms with Gasteiger partial charge < -0.3 is 0 Å². The molecular formula is CH2FNNaO3P. The van der Waals surface area contributed by atoms with Crippen LogP contribution in [0.1, 0.15) is 0 Å². The van der Waals surface area contributed by atoms with Gasteiger partial charge in [-0.05, 0) is 0 Å². The Balaban J connectivity index is 0. The SMILES string of the molecule is N#[C][Na].O=P(O)(O)F. The fourth-order valence-corrected chi connectivity index (χ4v) is 0. The largest absolute Gasteiger partial charge is 0.507 e. The molecule has 0 radical (unpaired) electrons. The van der Waals surface area contributed by atoms with E-state index >= 15 is 0 Å². The van der Waals surface area contributed by atoms with Gasteiger partial charge in [-0.15, -0.1) is 4.20 Å². The van der Waals surface area contributed by atoms with Crippen LogP contribution in [-0.2, 0) is 4.57 Å². The van der Waals surface area contributed by atoms with E-state index in [-0.39, 0.29) is 0 Å². The number of nitriles is 1. The molecule has 0 aliphatic rings. The number of nitrogens with zero attached hydrogens (tertiary/aromatic N) is 1. The average Bonchev–Trinajstić information content (AvgIpc) is 1.27. The molecule has 7 heteroatoms. The van der Waals surface area contributed by atoms with Gasteiger partial charge in [0.2, 0.25) is 0 Å². The molecule has 0 aromatic carbocycles. The van der Waals surface area contributed by atoms with Gasteiger partial charge in [0.05, 0.1) is 0 Å². The summed E-state index contributed by atoms with van der Waals surface area (Å²) in [5.74, 6) is 0. The smallest absolute Gasteiger partial charge is 0.299 e. The van der Waals surface area contributed by atoms with Crippen LogP contribution in [0, 0.1) is 8.58 Å². The molecular weight excluding hydrogens is 147 g/mol. The Bertz CT molecular complexity index is 117. The molecule has 0 heterocycles. The van der Waals surface area contributed by atoms with Gasteiger partial charge in [0.1, 0.15) is 0 Å². The third-order valence-electron chi connectivity index (χ3n) is 0. The Morgan fingerprint density at radius 2 is 1.75 bits per heavy atom. The Morgan fingerprint density at radius 1 is 1.75 bits per heavy atom. The van der Waals surface area contributed by atoms with Crippen LogP contribution in [0.3, 0.4) is 0 Å². The minimum atomic E-state index is -5.14. The molecule has 0 spiro atoms. The first kappa shape index (κ1) is 11.4. The van der Waals surface area contributed by atoms with Crippen molar-refractivity contribution < 1.29 is 18.5 Å². The third-order valence-corrected chi connectivity index (χ3v) is 0. The van der Waals surface area contributed by atoms with Crippen molar-refractivity contribution in [1.82, 2.24) is 0 Å². The zero-order chi connectivity index (χ0) is 7.21. The fraction of sp³-hybridized carbons (Fsp3) is 0. The number of hydrogen-bond acceptors (Lipinski definition) is 2. The predicted octanol–water partition coefficient (Wildman–Crippen LogP) is -0.315. The summed E-state index contributed by atoms with van der Waals surface area (Å²) in [6.07, 6.45) is 0. The first-order valence-electron chi connectivity index (χ1n) is 1.48. The van der Waals surface area contributed by atoms with Crippen molar-refractivity contribution in [3.05, 3.63) is 0 Å². The van der Waals surface area contributed by atoms with E-state index in [0.717, 1.165) is 0 Å². The van der Waals surface area contributed by atoms with Gasteiger partial charge in [-0.2, -0.15) is 0 Å². The fourth-order valence-electron chi connectivity index (χ4n) is 0. The summed E-state index contributed by atoms with van der Waals surface area (Å²) in [6, 6.07) is 0. The summed E-state index contributed by atoms with van der Waals surface area (Å²) in [7, 11) is -5.14. The van der Waals surface area contributed by atoms with Crippen molar-refractivity contribution >= 4 is 35.8 Å². The van der Waals surface area contributed by atoms with Crippen molar-refractivity contribution in [2.75, 3.05) is 0 Å². The summed E-state index contributed by atoms with van der Waals surface area (Å²) in [4.78, 5) is 13.9. The molecule has 0 unspecified atom stereocenters. The molecule has 2 N–H and O–H groups in total. The van der Waals surface area contributed by atoms with Gasteiger partial charge in [0.15, 0.2) is 0 Å². The van der Waals surface area contributed by atoms with Crippen molar-refractivity contribution in [3.8, 4) is 3.32 Å². The van der Waals surface area contributed by atoms with Crippen LogP contribution in [0.5, 0.6) is 0 Å². The summed E-state index contributed by atoms with van der Waals surface area (Å²) < 4.78 is 20.9. The van der Waals surface area contributed by atoms with Crippen molar-refractivity contribution in [2.45, 2.75) is 0 Å². The minimum Gasteiger partial charge on any atom is -0.299 e. The van der Waals surface area contributed by atoms with Gasteiger partial charge in [0.25, 0.3) is 0 Å². The maximum absolute atomic E-state index is 10.4. The third kappa shape index (κ3) is 627. The quantitative estimate of drug-likeness (QED) is 0.365. The second-order valence-corrected chi connectivity index (χ2v) is 2.09. The second-order valence-electron chi connectivity index (χ2n) is 0.697. The second kappa shape index (κ2) is 5.70. The van der Waals surface area contributed by atoms with Crippen molar-refractivity contribution in [2.24, 2.45) is 0 Å². The first-order chi connectivity index (χ1) is 3.41.